The molecular formula is C24H19ClFN3O3. The standard InChI is InChI=1S/C24H19ClFN3O3/c1-24(32)12-29(19-8-3-2-6-16(19)24)23(31)27-18-7-4-5-14-20(18)21(28-22(14)30)15-11-13(26)9-10-17(15)25/h2-11,21,32H,12H2,1H3,(H,27,31)(H,28,30)/t21-,24-/m1/s1. The van der Waals surface area contributed by atoms with Crippen molar-refractivity contribution in [3.05, 3.63) is 93.8 Å². The Kier molecular flexibility index (Phi) is 4.69. The van der Waals surface area contributed by atoms with Gasteiger partial charge < -0.3 is 15.7 Å². The van der Waals surface area contributed by atoms with Crippen molar-refractivity contribution in [2.45, 2.75) is 18.6 Å². The second kappa shape index (κ2) is 7.32. The number of carbonyl (C=O) groups excluding carboxylic acids is 2. The van der Waals surface area contributed by atoms with Gasteiger partial charge in [-0.2, -0.15) is 0 Å². The number of amides is 3. The minimum absolute atomic E-state index is 0.0868. The zero-order valence-corrected chi connectivity index (χ0v) is 17.8. The molecule has 0 bridgehead atoms. The van der Waals surface area contributed by atoms with Crippen LogP contribution in [0.3, 0.4) is 0 Å². The van der Waals surface area contributed by atoms with Gasteiger partial charge in [0.15, 0.2) is 0 Å². The Bertz CT molecular complexity index is 1280. The van der Waals surface area contributed by atoms with Gasteiger partial charge in [-0.3, -0.25) is 9.69 Å². The molecule has 32 heavy (non-hydrogen) atoms. The minimum atomic E-state index is -1.18. The highest BCUT2D eigenvalue weighted by atomic mass is 35.5. The fourth-order valence-corrected chi connectivity index (χ4v) is 4.67. The van der Waals surface area contributed by atoms with Gasteiger partial charge in [0.05, 0.1) is 18.3 Å². The lowest BCUT2D eigenvalue weighted by Gasteiger charge is -2.22. The van der Waals surface area contributed by atoms with Crippen LogP contribution >= 0.6 is 11.6 Å². The van der Waals surface area contributed by atoms with Gasteiger partial charge in [0.1, 0.15) is 11.4 Å². The predicted molar refractivity (Wildman–Crippen MR) is 120 cm³/mol. The Balaban J connectivity index is 1.53. The van der Waals surface area contributed by atoms with Crippen molar-refractivity contribution < 1.29 is 19.1 Å². The summed E-state index contributed by atoms with van der Waals surface area (Å²) in [6.07, 6.45) is 0. The molecule has 2 heterocycles. The van der Waals surface area contributed by atoms with Crippen LogP contribution in [0.15, 0.2) is 60.7 Å². The van der Waals surface area contributed by atoms with Crippen LogP contribution in [-0.4, -0.2) is 23.6 Å². The highest BCUT2D eigenvalue weighted by Crippen LogP contribution is 2.41. The number of anilines is 2. The highest BCUT2D eigenvalue weighted by Gasteiger charge is 2.40. The molecule has 162 valence electrons. The Morgan fingerprint density at radius 3 is 2.81 bits per heavy atom. The van der Waals surface area contributed by atoms with E-state index in [0.717, 1.165) is 0 Å². The van der Waals surface area contributed by atoms with Gasteiger partial charge in [0.2, 0.25) is 0 Å². The molecule has 0 aliphatic carbocycles. The molecule has 0 saturated carbocycles. The van der Waals surface area contributed by atoms with Crippen molar-refractivity contribution in [2.75, 3.05) is 16.8 Å². The van der Waals surface area contributed by atoms with Crippen molar-refractivity contribution in [2.24, 2.45) is 0 Å². The quantitative estimate of drug-likeness (QED) is 0.533. The summed E-state index contributed by atoms with van der Waals surface area (Å²) in [5.41, 5.74) is 1.78. The van der Waals surface area contributed by atoms with Crippen LogP contribution in [0.25, 0.3) is 0 Å². The zero-order chi connectivity index (χ0) is 22.6. The number of rotatable bonds is 2. The van der Waals surface area contributed by atoms with Crippen LogP contribution in [-0.2, 0) is 5.60 Å². The molecule has 0 saturated heterocycles. The third-order valence-electron chi connectivity index (χ3n) is 5.91. The Labute approximate surface area is 188 Å². The number of β-amino-alcohol motifs (C(OH)–C–C–N with tert-alkyl or cyclic N) is 1. The van der Waals surface area contributed by atoms with Gasteiger partial charge in [-0.15, -0.1) is 0 Å². The molecule has 3 aromatic rings. The maximum atomic E-state index is 13.9. The maximum Gasteiger partial charge on any atom is 0.326 e. The lowest BCUT2D eigenvalue weighted by atomic mass is 9.96. The average molecular weight is 452 g/mol. The molecule has 0 radical (unpaired) electrons. The second-order valence-corrected chi connectivity index (χ2v) is 8.55. The van der Waals surface area contributed by atoms with Crippen molar-refractivity contribution in [1.82, 2.24) is 5.32 Å². The van der Waals surface area contributed by atoms with Crippen molar-refractivity contribution in [3.63, 3.8) is 0 Å². The van der Waals surface area contributed by atoms with Crippen LogP contribution in [0.1, 0.15) is 40.0 Å². The van der Waals surface area contributed by atoms with E-state index in [1.807, 2.05) is 6.07 Å². The monoisotopic (exact) mass is 451 g/mol. The van der Waals surface area contributed by atoms with Crippen molar-refractivity contribution in [1.29, 1.82) is 0 Å². The number of hydrogen-bond acceptors (Lipinski definition) is 3. The maximum absolute atomic E-state index is 13.9. The molecule has 0 spiro atoms. The Morgan fingerprint density at radius 1 is 1.22 bits per heavy atom. The number of benzene rings is 3. The van der Waals surface area contributed by atoms with E-state index >= 15 is 0 Å². The number of halogens is 2. The zero-order valence-electron chi connectivity index (χ0n) is 17.0. The fourth-order valence-electron chi connectivity index (χ4n) is 4.44. The van der Waals surface area contributed by atoms with E-state index in [1.165, 1.54) is 23.1 Å². The third-order valence-corrected chi connectivity index (χ3v) is 6.26. The number of hydrogen-bond donors (Lipinski definition) is 3. The van der Waals surface area contributed by atoms with E-state index in [4.69, 9.17) is 11.6 Å². The first-order chi connectivity index (χ1) is 15.3. The summed E-state index contributed by atoms with van der Waals surface area (Å²) in [5.74, 6) is -0.819. The topological polar surface area (TPSA) is 81.7 Å². The normalized spacial score (nSPS) is 21.2. The second-order valence-electron chi connectivity index (χ2n) is 8.15. The molecule has 5 rings (SSSR count). The molecule has 6 nitrogen and oxygen atoms in total. The van der Waals surface area contributed by atoms with Gasteiger partial charge in [-0.05, 0) is 43.3 Å². The summed E-state index contributed by atoms with van der Waals surface area (Å²) in [6.45, 7) is 1.74. The van der Waals surface area contributed by atoms with Crippen LogP contribution in [0.5, 0.6) is 0 Å². The molecule has 0 fully saturated rings. The van der Waals surface area contributed by atoms with E-state index in [2.05, 4.69) is 10.6 Å². The lowest BCUT2D eigenvalue weighted by Crippen LogP contribution is -2.38. The Morgan fingerprint density at radius 2 is 2.00 bits per heavy atom. The van der Waals surface area contributed by atoms with Crippen molar-refractivity contribution >= 4 is 34.9 Å². The molecular weight excluding hydrogens is 433 g/mol. The van der Waals surface area contributed by atoms with Crippen molar-refractivity contribution in [3.8, 4) is 0 Å². The first kappa shape index (κ1) is 20.5. The number of para-hydroxylation sites is 1. The summed E-state index contributed by atoms with van der Waals surface area (Å²) in [5, 5.41) is 16.7. The first-order valence-electron chi connectivity index (χ1n) is 10.1. The van der Waals surface area contributed by atoms with E-state index in [1.54, 1.807) is 43.3 Å². The van der Waals surface area contributed by atoms with Crippen LogP contribution in [0.4, 0.5) is 20.6 Å². The van der Waals surface area contributed by atoms with Gasteiger partial charge >= 0.3 is 6.03 Å². The van der Waals surface area contributed by atoms with Gasteiger partial charge in [-0.25, -0.2) is 9.18 Å². The van der Waals surface area contributed by atoms with Gasteiger partial charge in [0.25, 0.3) is 5.91 Å². The van der Waals surface area contributed by atoms with Gasteiger partial charge in [0, 0.05) is 33.0 Å². The number of nitrogens with one attached hydrogen (secondary N) is 2. The van der Waals surface area contributed by atoms with E-state index in [9.17, 15) is 19.1 Å². The number of nitrogens with zero attached hydrogens (tertiary/aromatic N) is 1. The number of fused-ring (bicyclic) bond motifs is 2. The summed E-state index contributed by atoms with van der Waals surface area (Å²) < 4.78 is 13.9. The molecule has 0 unspecified atom stereocenters. The summed E-state index contributed by atoms with van der Waals surface area (Å²) in [4.78, 5) is 27.3. The van der Waals surface area contributed by atoms with Crippen LogP contribution in [0.2, 0.25) is 5.02 Å². The summed E-state index contributed by atoms with van der Waals surface area (Å²) in [6, 6.07) is 14.9. The van der Waals surface area contributed by atoms with Crippen LogP contribution in [0, 0.1) is 5.82 Å². The molecule has 3 aromatic carbocycles. The fraction of sp³-hybridized carbons (Fsp3) is 0.167. The molecule has 8 heteroatoms. The predicted octanol–water partition coefficient (Wildman–Crippen LogP) is 4.57. The van der Waals surface area contributed by atoms with E-state index in [-0.39, 0.29) is 12.5 Å². The number of carbonyl (C=O) groups is 2. The SMILES string of the molecule is C[C@@]1(O)CN(C(=O)Nc2cccc3c2[C@@H](c2cc(F)ccc2Cl)NC3=O)c2ccccc21. The van der Waals surface area contributed by atoms with E-state index in [0.29, 0.717) is 38.7 Å². The summed E-state index contributed by atoms with van der Waals surface area (Å²) >= 11 is 6.30. The molecule has 2 atom stereocenters. The molecule has 2 aliphatic heterocycles. The van der Waals surface area contributed by atoms with E-state index < -0.39 is 23.5 Å². The number of aliphatic hydroxyl groups is 1. The summed E-state index contributed by atoms with van der Waals surface area (Å²) in [7, 11) is 0. The molecule has 3 amide bonds. The first-order valence-corrected chi connectivity index (χ1v) is 10.4. The van der Waals surface area contributed by atoms with Crippen LogP contribution < -0.4 is 15.5 Å². The highest BCUT2D eigenvalue weighted by molar-refractivity contribution is 6.31. The molecule has 0 aromatic heterocycles. The minimum Gasteiger partial charge on any atom is -0.383 e. The largest absolute Gasteiger partial charge is 0.383 e. The van der Waals surface area contributed by atoms with Gasteiger partial charge in [-0.1, -0.05) is 35.9 Å². The number of urea groups is 1. The average Bonchev–Trinajstić information content (AvgIpc) is 3.25. The third kappa shape index (κ3) is 3.21. The smallest absolute Gasteiger partial charge is 0.326 e. The molecule has 2 aliphatic rings. The Hall–Kier alpha value is -3.42. The lowest BCUT2D eigenvalue weighted by molar-refractivity contribution is 0.0757. The molecule has 3 N–H and O–H groups in total.